The monoisotopic (exact) mass is 423 g/mol. The molecular formula is C21H21N5O3S. The topological polar surface area (TPSA) is 108 Å². The number of ether oxygens (including phenoxy) is 2. The molecule has 0 spiro atoms. The van der Waals surface area contributed by atoms with E-state index < -0.39 is 12.3 Å². The molecule has 5 rings (SSSR count). The maximum Gasteiger partial charge on any atom is 0.167 e. The minimum Gasteiger partial charge on any atom is -0.394 e. The second-order valence-electron chi connectivity index (χ2n) is 7.14. The zero-order valence-corrected chi connectivity index (χ0v) is 17.1. The lowest BCUT2D eigenvalue weighted by Gasteiger charge is -2.13. The molecule has 3 N–H and O–H groups in total. The van der Waals surface area contributed by atoms with Gasteiger partial charge in [0.05, 0.1) is 18.1 Å². The van der Waals surface area contributed by atoms with Crippen LogP contribution in [0.4, 0.5) is 5.82 Å². The third-order valence-electron chi connectivity index (χ3n) is 5.36. The minimum absolute atomic E-state index is 0.121. The molecule has 0 saturated carbocycles. The second-order valence-corrected chi connectivity index (χ2v) is 8.20. The van der Waals surface area contributed by atoms with Crippen molar-refractivity contribution in [1.29, 1.82) is 0 Å². The van der Waals surface area contributed by atoms with Crippen molar-refractivity contribution >= 4 is 39.4 Å². The Kier molecular flexibility index (Phi) is 5.03. The Hall–Kier alpha value is -2.72. The van der Waals surface area contributed by atoms with Crippen LogP contribution >= 0.6 is 11.8 Å². The quantitative estimate of drug-likeness (QED) is 0.504. The molecule has 30 heavy (non-hydrogen) atoms. The van der Waals surface area contributed by atoms with Gasteiger partial charge >= 0.3 is 0 Å². The summed E-state index contributed by atoms with van der Waals surface area (Å²) in [6.45, 7) is -0.121. The molecule has 1 aliphatic heterocycles. The number of rotatable bonds is 5. The number of fused-ring (bicyclic) bond motifs is 2. The van der Waals surface area contributed by atoms with Crippen LogP contribution in [0.2, 0.25) is 0 Å². The fourth-order valence-electron chi connectivity index (χ4n) is 3.84. The van der Waals surface area contributed by atoms with Crippen LogP contribution in [0.1, 0.15) is 12.6 Å². The van der Waals surface area contributed by atoms with Crippen molar-refractivity contribution in [1.82, 2.24) is 19.7 Å². The van der Waals surface area contributed by atoms with E-state index in [0.29, 0.717) is 28.3 Å². The number of hydrogen-bond acceptors (Lipinski definition) is 8. The van der Waals surface area contributed by atoms with Crippen LogP contribution in [-0.2, 0) is 9.47 Å². The van der Waals surface area contributed by atoms with Crippen molar-refractivity contribution in [3.8, 4) is 0 Å². The predicted molar refractivity (Wildman–Crippen MR) is 114 cm³/mol. The Morgan fingerprint density at radius 2 is 2.07 bits per heavy atom. The molecule has 1 fully saturated rings. The first-order valence-electron chi connectivity index (χ1n) is 9.62. The Balaban J connectivity index is 1.55. The number of nitrogens with two attached hydrogens (primary N) is 1. The van der Waals surface area contributed by atoms with Crippen molar-refractivity contribution in [3.05, 3.63) is 48.8 Å². The zero-order chi connectivity index (χ0) is 20.7. The summed E-state index contributed by atoms with van der Waals surface area (Å²) in [7, 11) is 1.61. The lowest BCUT2D eigenvalue weighted by Crippen LogP contribution is -2.26. The number of aliphatic hydroxyl groups excluding tert-OH is 1. The van der Waals surface area contributed by atoms with E-state index in [1.807, 2.05) is 12.1 Å². The SMILES string of the molecule is CO[C@H]1C[C@H](n2nc(Sc3ccc4ccccc4c3)c3c(N)ncnc32)O[C@H]1CO. The van der Waals surface area contributed by atoms with Gasteiger partial charge in [-0.3, -0.25) is 0 Å². The van der Waals surface area contributed by atoms with Gasteiger partial charge < -0.3 is 20.3 Å². The molecule has 2 aromatic carbocycles. The molecule has 1 aliphatic rings. The molecule has 8 nitrogen and oxygen atoms in total. The van der Waals surface area contributed by atoms with E-state index in [9.17, 15) is 5.11 Å². The maximum absolute atomic E-state index is 9.59. The Bertz CT molecular complexity index is 1200. The van der Waals surface area contributed by atoms with E-state index in [0.717, 1.165) is 10.3 Å². The standard InChI is InChI=1S/C21H21N5O3S/c1-28-15-9-17(29-16(15)10-27)26-20-18(19(22)23-11-24-20)21(25-26)30-14-7-6-12-4-2-3-5-13(12)8-14/h2-8,11,15-17,27H,9-10H2,1H3,(H2,22,23,24)/t15-,16-,17+/m0/s1. The summed E-state index contributed by atoms with van der Waals surface area (Å²) in [6.07, 6.45) is 0.953. The first-order valence-corrected chi connectivity index (χ1v) is 10.4. The fourth-order valence-corrected chi connectivity index (χ4v) is 4.81. The summed E-state index contributed by atoms with van der Waals surface area (Å²) in [4.78, 5) is 9.61. The Labute approximate surface area is 177 Å². The average Bonchev–Trinajstić information content (AvgIpc) is 3.35. The molecule has 9 heteroatoms. The van der Waals surface area contributed by atoms with E-state index in [-0.39, 0.29) is 12.7 Å². The minimum atomic E-state index is -0.408. The summed E-state index contributed by atoms with van der Waals surface area (Å²) >= 11 is 1.51. The van der Waals surface area contributed by atoms with E-state index in [1.54, 1.807) is 11.8 Å². The Morgan fingerprint density at radius 3 is 2.83 bits per heavy atom. The number of anilines is 1. The fraction of sp³-hybridized carbons (Fsp3) is 0.286. The molecule has 0 aliphatic carbocycles. The van der Waals surface area contributed by atoms with Crippen molar-refractivity contribution < 1.29 is 14.6 Å². The van der Waals surface area contributed by atoms with Gasteiger partial charge in [0.1, 0.15) is 23.3 Å². The predicted octanol–water partition coefficient (Wildman–Crippen LogP) is 3.01. The largest absolute Gasteiger partial charge is 0.394 e. The number of nitrogen functional groups attached to an aromatic ring is 1. The molecule has 0 amide bonds. The van der Waals surface area contributed by atoms with E-state index in [4.69, 9.17) is 20.3 Å². The lowest BCUT2D eigenvalue weighted by atomic mass is 10.1. The van der Waals surface area contributed by atoms with Gasteiger partial charge in [-0.2, -0.15) is 5.10 Å². The zero-order valence-electron chi connectivity index (χ0n) is 16.3. The van der Waals surface area contributed by atoms with Crippen molar-refractivity contribution in [2.45, 2.75) is 34.8 Å². The van der Waals surface area contributed by atoms with Crippen LogP contribution in [0.3, 0.4) is 0 Å². The van der Waals surface area contributed by atoms with Gasteiger partial charge in [-0.1, -0.05) is 42.1 Å². The van der Waals surface area contributed by atoms with Crippen LogP contribution in [0.25, 0.3) is 21.8 Å². The molecule has 1 saturated heterocycles. The summed E-state index contributed by atoms with van der Waals surface area (Å²) in [5.41, 5.74) is 6.80. The van der Waals surface area contributed by atoms with Crippen LogP contribution in [0, 0.1) is 0 Å². The first-order chi connectivity index (χ1) is 14.7. The summed E-state index contributed by atoms with van der Waals surface area (Å²) in [5.74, 6) is 0.370. The highest BCUT2D eigenvalue weighted by Gasteiger charge is 2.37. The third kappa shape index (κ3) is 3.29. The van der Waals surface area contributed by atoms with Crippen molar-refractivity contribution in [2.24, 2.45) is 0 Å². The highest BCUT2D eigenvalue weighted by Crippen LogP contribution is 2.39. The molecule has 3 atom stereocenters. The number of benzene rings is 2. The number of aromatic nitrogens is 4. The van der Waals surface area contributed by atoms with E-state index in [1.165, 1.54) is 23.5 Å². The molecule has 2 aromatic heterocycles. The van der Waals surface area contributed by atoms with Gasteiger partial charge in [0, 0.05) is 18.4 Å². The van der Waals surface area contributed by atoms with Gasteiger partial charge in [-0.15, -0.1) is 0 Å². The number of aliphatic hydroxyl groups is 1. The molecule has 0 bridgehead atoms. The summed E-state index contributed by atoms with van der Waals surface area (Å²) in [5, 5.41) is 18.1. The van der Waals surface area contributed by atoms with Crippen LogP contribution < -0.4 is 5.73 Å². The van der Waals surface area contributed by atoms with Crippen molar-refractivity contribution in [3.63, 3.8) is 0 Å². The molecule has 0 unspecified atom stereocenters. The molecule has 4 aromatic rings. The van der Waals surface area contributed by atoms with E-state index in [2.05, 4.69) is 40.3 Å². The van der Waals surface area contributed by atoms with Crippen LogP contribution in [-0.4, -0.2) is 50.8 Å². The van der Waals surface area contributed by atoms with Gasteiger partial charge in [0.2, 0.25) is 0 Å². The molecule has 0 radical (unpaired) electrons. The van der Waals surface area contributed by atoms with Crippen molar-refractivity contribution in [2.75, 3.05) is 19.5 Å². The van der Waals surface area contributed by atoms with E-state index >= 15 is 0 Å². The van der Waals surface area contributed by atoms with Gasteiger partial charge in [0.15, 0.2) is 11.9 Å². The first kappa shape index (κ1) is 19.3. The summed E-state index contributed by atoms with van der Waals surface area (Å²) < 4.78 is 13.2. The lowest BCUT2D eigenvalue weighted by molar-refractivity contribution is -0.0547. The number of hydrogen-bond donors (Lipinski definition) is 2. The normalized spacial score (nSPS) is 21.6. The smallest absolute Gasteiger partial charge is 0.167 e. The highest BCUT2D eigenvalue weighted by atomic mass is 32.2. The molecule has 3 heterocycles. The van der Waals surface area contributed by atoms with Gasteiger partial charge in [-0.05, 0) is 22.9 Å². The third-order valence-corrected chi connectivity index (χ3v) is 6.33. The number of nitrogens with zero attached hydrogens (tertiary/aromatic N) is 4. The van der Waals surface area contributed by atoms with Gasteiger partial charge in [-0.25, -0.2) is 14.6 Å². The maximum atomic E-state index is 9.59. The van der Waals surface area contributed by atoms with Crippen LogP contribution in [0.15, 0.2) is 58.7 Å². The highest BCUT2D eigenvalue weighted by molar-refractivity contribution is 7.99. The molecule has 154 valence electrons. The summed E-state index contributed by atoms with van der Waals surface area (Å²) in [6, 6.07) is 14.5. The Morgan fingerprint density at radius 1 is 1.23 bits per heavy atom. The number of methoxy groups -OCH3 is 1. The van der Waals surface area contributed by atoms with Gasteiger partial charge in [0.25, 0.3) is 0 Å². The average molecular weight is 423 g/mol. The van der Waals surface area contributed by atoms with Crippen LogP contribution in [0.5, 0.6) is 0 Å². The second kappa shape index (κ2) is 7.84. The molecular weight excluding hydrogens is 402 g/mol.